The van der Waals surface area contributed by atoms with Crippen LogP contribution in [0.4, 0.5) is 0 Å². The van der Waals surface area contributed by atoms with E-state index in [1.165, 1.54) is 47.8 Å². The van der Waals surface area contributed by atoms with Crippen molar-refractivity contribution in [3.05, 3.63) is 60.2 Å². The minimum atomic E-state index is -3.85. The van der Waals surface area contributed by atoms with Gasteiger partial charge in [0.2, 0.25) is 10.0 Å². The number of nitrogens with zero attached hydrogens (tertiary/aromatic N) is 1. The number of hydrogen-bond acceptors (Lipinski definition) is 6. The first-order valence-electron chi connectivity index (χ1n) is 8.24. The molecule has 2 aromatic carbocycles. The Morgan fingerprint density at radius 1 is 0.963 bits per heavy atom. The predicted octanol–water partition coefficient (Wildman–Crippen LogP) is 1.71. The standard InChI is InChI=1S/C18H19NO6S2/c1-25-18(20)14-7-9-16(10-8-14)27(23,24)19-12-11-17(13-19)26(21,22)15-5-3-2-4-6-15/h2-10,17H,11-13H2,1H3. The van der Waals surface area contributed by atoms with Gasteiger partial charge in [0.25, 0.3) is 0 Å². The van der Waals surface area contributed by atoms with Gasteiger partial charge < -0.3 is 4.74 Å². The van der Waals surface area contributed by atoms with Crippen molar-refractivity contribution in [2.24, 2.45) is 0 Å². The number of ether oxygens (including phenoxy) is 1. The van der Waals surface area contributed by atoms with Gasteiger partial charge in [-0.3, -0.25) is 0 Å². The van der Waals surface area contributed by atoms with Gasteiger partial charge >= 0.3 is 5.97 Å². The van der Waals surface area contributed by atoms with Crippen molar-refractivity contribution >= 4 is 25.8 Å². The van der Waals surface area contributed by atoms with Gasteiger partial charge in [0.1, 0.15) is 0 Å². The highest BCUT2D eigenvalue weighted by Crippen LogP contribution is 2.28. The van der Waals surface area contributed by atoms with Crippen molar-refractivity contribution in [1.29, 1.82) is 0 Å². The van der Waals surface area contributed by atoms with Gasteiger partial charge in [0.05, 0.1) is 27.7 Å². The molecule has 0 amide bonds. The number of rotatable bonds is 5. The Labute approximate surface area is 158 Å². The molecule has 0 saturated carbocycles. The summed E-state index contributed by atoms with van der Waals surface area (Å²) in [5, 5.41) is -0.788. The summed E-state index contributed by atoms with van der Waals surface area (Å²) in [5.41, 5.74) is 0.238. The van der Waals surface area contributed by atoms with Crippen LogP contribution in [0.5, 0.6) is 0 Å². The Bertz CT molecular complexity index is 1030. The van der Waals surface area contributed by atoms with E-state index in [9.17, 15) is 21.6 Å². The molecule has 0 spiro atoms. The SMILES string of the molecule is COC(=O)c1ccc(S(=O)(=O)N2CCC(S(=O)(=O)c3ccccc3)C2)cc1. The summed E-state index contributed by atoms with van der Waals surface area (Å²) in [5.74, 6) is -0.561. The van der Waals surface area contributed by atoms with E-state index in [4.69, 9.17) is 0 Å². The number of sulfonamides is 1. The molecule has 0 aliphatic carbocycles. The van der Waals surface area contributed by atoms with Crippen LogP contribution in [-0.2, 0) is 24.6 Å². The lowest BCUT2D eigenvalue weighted by atomic mass is 10.2. The molecular weight excluding hydrogens is 390 g/mol. The summed E-state index contributed by atoms with van der Waals surface area (Å²) in [7, 11) is -6.21. The highest BCUT2D eigenvalue weighted by Gasteiger charge is 2.39. The van der Waals surface area contributed by atoms with Gasteiger partial charge in [-0.05, 0) is 42.8 Å². The second kappa shape index (κ2) is 7.41. The molecule has 1 atom stereocenters. The number of carbonyl (C=O) groups excluding carboxylic acids is 1. The lowest BCUT2D eigenvalue weighted by Crippen LogP contribution is -2.32. The summed E-state index contributed by atoms with van der Waals surface area (Å²) in [4.78, 5) is 11.7. The molecule has 0 radical (unpaired) electrons. The average Bonchev–Trinajstić information content (AvgIpc) is 3.20. The van der Waals surface area contributed by atoms with Crippen LogP contribution in [0.2, 0.25) is 0 Å². The van der Waals surface area contributed by atoms with Crippen molar-refractivity contribution in [2.45, 2.75) is 21.5 Å². The first-order chi connectivity index (χ1) is 12.8. The van der Waals surface area contributed by atoms with Gasteiger partial charge in [0, 0.05) is 13.1 Å². The Balaban J connectivity index is 1.81. The van der Waals surface area contributed by atoms with Gasteiger partial charge in [-0.1, -0.05) is 18.2 Å². The second-order valence-corrected chi connectivity index (χ2v) is 10.3. The first-order valence-corrected chi connectivity index (χ1v) is 11.2. The monoisotopic (exact) mass is 409 g/mol. The minimum Gasteiger partial charge on any atom is -0.465 e. The van der Waals surface area contributed by atoms with Crippen LogP contribution < -0.4 is 0 Å². The largest absolute Gasteiger partial charge is 0.465 e. The van der Waals surface area contributed by atoms with Crippen LogP contribution in [0.25, 0.3) is 0 Å². The van der Waals surface area contributed by atoms with Crippen LogP contribution in [0.1, 0.15) is 16.8 Å². The molecule has 3 rings (SSSR count). The fourth-order valence-electron chi connectivity index (χ4n) is 3.00. The third-order valence-electron chi connectivity index (χ3n) is 4.53. The van der Waals surface area contributed by atoms with Gasteiger partial charge in [-0.2, -0.15) is 4.31 Å². The van der Waals surface area contributed by atoms with Crippen LogP contribution >= 0.6 is 0 Å². The summed E-state index contributed by atoms with van der Waals surface area (Å²) < 4.78 is 56.8. The Kier molecular flexibility index (Phi) is 5.36. The zero-order valence-electron chi connectivity index (χ0n) is 14.6. The molecule has 1 fully saturated rings. The van der Waals surface area contributed by atoms with Gasteiger partial charge in [-0.25, -0.2) is 21.6 Å². The molecule has 1 saturated heterocycles. The van der Waals surface area contributed by atoms with E-state index >= 15 is 0 Å². The van der Waals surface area contributed by atoms with Crippen LogP contribution in [0, 0.1) is 0 Å². The summed E-state index contributed by atoms with van der Waals surface area (Å²) in [6, 6.07) is 13.4. The predicted molar refractivity (Wildman–Crippen MR) is 98.6 cm³/mol. The van der Waals surface area contributed by atoms with Crippen LogP contribution in [-0.4, -0.2) is 52.6 Å². The summed E-state index contributed by atoms with van der Waals surface area (Å²) in [6.07, 6.45) is 0.233. The molecule has 1 heterocycles. The number of esters is 1. The Hall–Kier alpha value is -2.23. The number of hydrogen-bond donors (Lipinski definition) is 0. The fraction of sp³-hybridized carbons (Fsp3) is 0.278. The lowest BCUT2D eigenvalue weighted by Gasteiger charge is -2.17. The average molecular weight is 409 g/mol. The molecule has 27 heavy (non-hydrogen) atoms. The van der Waals surface area contributed by atoms with Crippen LogP contribution in [0.15, 0.2) is 64.4 Å². The van der Waals surface area contributed by atoms with Gasteiger partial charge in [0.15, 0.2) is 9.84 Å². The Morgan fingerprint density at radius 2 is 1.59 bits per heavy atom. The maximum absolute atomic E-state index is 12.8. The molecule has 2 aromatic rings. The zero-order chi connectivity index (χ0) is 19.7. The van der Waals surface area contributed by atoms with E-state index in [2.05, 4.69) is 4.74 Å². The molecule has 1 unspecified atom stereocenters. The van der Waals surface area contributed by atoms with Crippen LogP contribution in [0.3, 0.4) is 0 Å². The van der Waals surface area contributed by atoms with E-state index in [1.54, 1.807) is 18.2 Å². The Morgan fingerprint density at radius 3 is 2.19 bits per heavy atom. The highest BCUT2D eigenvalue weighted by atomic mass is 32.2. The quantitative estimate of drug-likeness (QED) is 0.698. The topological polar surface area (TPSA) is 97.8 Å². The number of methoxy groups -OCH3 is 1. The molecule has 7 nitrogen and oxygen atoms in total. The first kappa shape index (κ1) is 19.5. The van der Waals surface area contributed by atoms with E-state index in [1.807, 2.05) is 0 Å². The van der Waals surface area contributed by atoms with E-state index in [0.29, 0.717) is 0 Å². The third kappa shape index (κ3) is 3.76. The molecule has 0 N–H and O–H groups in total. The number of sulfone groups is 1. The van der Waals surface area contributed by atoms with Crippen molar-refractivity contribution < 1.29 is 26.4 Å². The minimum absolute atomic E-state index is 0.00733. The second-order valence-electron chi connectivity index (χ2n) is 6.15. The van der Waals surface area contributed by atoms with E-state index in [-0.39, 0.29) is 34.9 Å². The number of benzene rings is 2. The molecule has 144 valence electrons. The van der Waals surface area contributed by atoms with E-state index in [0.717, 1.165) is 0 Å². The molecular formula is C18H19NO6S2. The highest BCUT2D eigenvalue weighted by molar-refractivity contribution is 7.92. The summed E-state index contributed by atoms with van der Waals surface area (Å²) >= 11 is 0. The lowest BCUT2D eigenvalue weighted by molar-refractivity contribution is 0.0600. The maximum atomic E-state index is 12.8. The van der Waals surface area contributed by atoms with Crippen molar-refractivity contribution in [1.82, 2.24) is 4.31 Å². The molecule has 0 bridgehead atoms. The zero-order valence-corrected chi connectivity index (χ0v) is 16.2. The van der Waals surface area contributed by atoms with Crippen molar-refractivity contribution in [2.75, 3.05) is 20.2 Å². The summed E-state index contributed by atoms with van der Waals surface area (Å²) in [6.45, 7) is 0.0239. The molecule has 0 aromatic heterocycles. The van der Waals surface area contributed by atoms with Gasteiger partial charge in [-0.15, -0.1) is 0 Å². The van der Waals surface area contributed by atoms with E-state index < -0.39 is 31.1 Å². The molecule has 1 aliphatic rings. The molecule has 1 aliphatic heterocycles. The normalized spacial score (nSPS) is 18.3. The number of carbonyl (C=O) groups is 1. The maximum Gasteiger partial charge on any atom is 0.337 e. The van der Waals surface area contributed by atoms with Crippen molar-refractivity contribution in [3.63, 3.8) is 0 Å². The third-order valence-corrected chi connectivity index (χ3v) is 8.60. The fourth-order valence-corrected chi connectivity index (χ4v) is 6.31. The van der Waals surface area contributed by atoms with Crippen molar-refractivity contribution in [3.8, 4) is 0 Å². The molecule has 9 heteroatoms. The smallest absolute Gasteiger partial charge is 0.337 e.